The SMILES string of the molecule is OCC1N/C(=N\Cc2ccccc2)C(O)C(O)[C@H]1O. The van der Waals surface area contributed by atoms with Crippen molar-refractivity contribution >= 4 is 5.84 Å². The second-order valence-corrected chi connectivity index (χ2v) is 4.55. The van der Waals surface area contributed by atoms with Crippen molar-refractivity contribution in [3.8, 4) is 0 Å². The molecule has 6 nitrogen and oxygen atoms in total. The molecule has 104 valence electrons. The number of nitrogens with zero attached hydrogens (tertiary/aromatic N) is 1. The monoisotopic (exact) mass is 266 g/mol. The van der Waals surface area contributed by atoms with Crippen LogP contribution in [0.5, 0.6) is 0 Å². The van der Waals surface area contributed by atoms with Gasteiger partial charge in [0.15, 0.2) is 0 Å². The molecular formula is C13H18N2O4. The third-order valence-corrected chi connectivity index (χ3v) is 3.17. The highest BCUT2D eigenvalue weighted by Gasteiger charge is 2.39. The lowest BCUT2D eigenvalue weighted by Gasteiger charge is -2.36. The normalized spacial score (nSPS) is 33.2. The number of aliphatic hydroxyl groups is 4. The molecule has 4 atom stereocenters. The molecule has 19 heavy (non-hydrogen) atoms. The number of hydrogen-bond donors (Lipinski definition) is 5. The summed E-state index contributed by atoms with van der Waals surface area (Å²) in [7, 11) is 0. The Balaban J connectivity index is 2.10. The van der Waals surface area contributed by atoms with Gasteiger partial charge in [-0.05, 0) is 5.56 Å². The highest BCUT2D eigenvalue weighted by Crippen LogP contribution is 2.13. The Hall–Kier alpha value is -1.47. The maximum Gasteiger partial charge on any atom is 0.139 e. The van der Waals surface area contributed by atoms with E-state index in [0.717, 1.165) is 5.56 Å². The summed E-state index contributed by atoms with van der Waals surface area (Å²) in [6.45, 7) is -0.00347. The number of amidine groups is 1. The highest BCUT2D eigenvalue weighted by molar-refractivity contribution is 5.88. The van der Waals surface area contributed by atoms with E-state index in [2.05, 4.69) is 10.3 Å². The van der Waals surface area contributed by atoms with E-state index in [4.69, 9.17) is 5.11 Å². The van der Waals surface area contributed by atoms with Gasteiger partial charge in [-0.25, -0.2) is 0 Å². The molecule has 0 radical (unpaired) electrons. The van der Waals surface area contributed by atoms with Crippen LogP contribution in [0.2, 0.25) is 0 Å². The first-order valence-electron chi connectivity index (χ1n) is 6.13. The molecule has 5 N–H and O–H groups in total. The topological polar surface area (TPSA) is 105 Å². The van der Waals surface area contributed by atoms with Crippen molar-refractivity contribution in [2.45, 2.75) is 30.9 Å². The number of aliphatic hydroxyl groups excluding tert-OH is 4. The van der Waals surface area contributed by atoms with Crippen LogP contribution in [-0.2, 0) is 6.54 Å². The first kappa shape index (κ1) is 14.0. The first-order chi connectivity index (χ1) is 9.13. The summed E-state index contributed by atoms with van der Waals surface area (Å²) in [4.78, 5) is 4.19. The molecule has 0 amide bonds. The van der Waals surface area contributed by atoms with E-state index in [-0.39, 0.29) is 12.4 Å². The molecule has 1 aliphatic heterocycles. The fourth-order valence-corrected chi connectivity index (χ4v) is 2.00. The van der Waals surface area contributed by atoms with Gasteiger partial charge in [0.2, 0.25) is 0 Å². The fraction of sp³-hybridized carbons (Fsp3) is 0.462. The van der Waals surface area contributed by atoms with Crippen LogP contribution in [0.25, 0.3) is 0 Å². The van der Waals surface area contributed by atoms with Crippen molar-refractivity contribution in [3.05, 3.63) is 35.9 Å². The average Bonchev–Trinajstić information content (AvgIpc) is 2.45. The highest BCUT2D eigenvalue weighted by atomic mass is 16.4. The Morgan fingerprint density at radius 1 is 1.05 bits per heavy atom. The minimum absolute atomic E-state index is 0.181. The largest absolute Gasteiger partial charge is 0.394 e. The molecule has 0 spiro atoms. The Kier molecular flexibility index (Phi) is 4.49. The third kappa shape index (κ3) is 3.10. The number of aliphatic imine (C=N–C) groups is 1. The zero-order valence-electron chi connectivity index (χ0n) is 10.3. The van der Waals surface area contributed by atoms with Crippen molar-refractivity contribution in [2.24, 2.45) is 4.99 Å². The van der Waals surface area contributed by atoms with Crippen LogP contribution in [0.4, 0.5) is 0 Å². The second-order valence-electron chi connectivity index (χ2n) is 4.55. The molecule has 0 aliphatic carbocycles. The van der Waals surface area contributed by atoms with Crippen LogP contribution in [0, 0.1) is 0 Å². The third-order valence-electron chi connectivity index (χ3n) is 3.17. The molecule has 0 bridgehead atoms. The Labute approximate surface area is 111 Å². The first-order valence-corrected chi connectivity index (χ1v) is 6.13. The molecule has 1 aliphatic rings. The molecule has 0 saturated carbocycles. The van der Waals surface area contributed by atoms with Gasteiger partial charge in [-0.15, -0.1) is 0 Å². The van der Waals surface area contributed by atoms with Crippen molar-refractivity contribution in [2.75, 3.05) is 6.61 Å². The molecule has 1 fully saturated rings. The Morgan fingerprint density at radius 3 is 2.37 bits per heavy atom. The maximum atomic E-state index is 9.81. The number of hydrogen-bond acceptors (Lipinski definition) is 5. The van der Waals surface area contributed by atoms with E-state index >= 15 is 0 Å². The summed E-state index contributed by atoms with van der Waals surface area (Å²) in [6.07, 6.45) is -3.86. The van der Waals surface area contributed by atoms with E-state index in [1.54, 1.807) is 0 Å². The van der Waals surface area contributed by atoms with Gasteiger partial charge < -0.3 is 25.7 Å². The van der Waals surface area contributed by atoms with Gasteiger partial charge in [0.05, 0.1) is 19.2 Å². The Bertz CT molecular complexity index is 436. The molecule has 2 rings (SSSR count). The lowest BCUT2D eigenvalue weighted by molar-refractivity contribution is -0.0681. The minimum atomic E-state index is -1.35. The quantitative estimate of drug-likeness (QED) is 0.464. The lowest BCUT2D eigenvalue weighted by atomic mass is 9.95. The fourth-order valence-electron chi connectivity index (χ4n) is 2.00. The van der Waals surface area contributed by atoms with Gasteiger partial charge in [-0.2, -0.15) is 0 Å². The van der Waals surface area contributed by atoms with Crippen LogP contribution in [-0.4, -0.2) is 57.2 Å². The van der Waals surface area contributed by atoms with Crippen molar-refractivity contribution in [1.82, 2.24) is 5.32 Å². The number of nitrogens with one attached hydrogen (secondary N) is 1. The molecule has 0 aromatic heterocycles. The van der Waals surface area contributed by atoms with Gasteiger partial charge in [0, 0.05) is 0 Å². The van der Waals surface area contributed by atoms with Crippen LogP contribution < -0.4 is 5.32 Å². The standard InChI is InChI=1S/C13H18N2O4/c16-7-9-10(17)11(18)12(19)13(15-9)14-6-8-4-2-1-3-5-8/h1-5,9-12,16-19H,6-7H2,(H,14,15)/t9?,10-,11?,12?/m0/s1. The summed E-state index contributed by atoms with van der Waals surface area (Å²) in [5.74, 6) is 0.181. The minimum Gasteiger partial charge on any atom is -0.394 e. The van der Waals surface area contributed by atoms with Crippen molar-refractivity contribution in [3.63, 3.8) is 0 Å². The van der Waals surface area contributed by atoms with E-state index < -0.39 is 24.4 Å². The van der Waals surface area contributed by atoms with Crippen LogP contribution >= 0.6 is 0 Å². The summed E-state index contributed by atoms with van der Waals surface area (Å²) in [5.41, 5.74) is 0.963. The van der Waals surface area contributed by atoms with Gasteiger partial charge in [0.25, 0.3) is 0 Å². The predicted octanol–water partition coefficient (Wildman–Crippen LogP) is -1.37. The van der Waals surface area contributed by atoms with E-state index in [1.807, 2.05) is 30.3 Å². The Morgan fingerprint density at radius 2 is 1.74 bits per heavy atom. The summed E-state index contributed by atoms with van der Waals surface area (Å²) < 4.78 is 0. The number of rotatable bonds is 3. The number of benzene rings is 1. The molecule has 3 unspecified atom stereocenters. The number of piperidine rings is 1. The van der Waals surface area contributed by atoms with Crippen molar-refractivity contribution < 1.29 is 20.4 Å². The smallest absolute Gasteiger partial charge is 0.139 e. The lowest BCUT2D eigenvalue weighted by Crippen LogP contribution is -2.63. The van der Waals surface area contributed by atoms with Gasteiger partial charge in [-0.3, -0.25) is 4.99 Å². The molecule has 1 saturated heterocycles. The zero-order valence-corrected chi connectivity index (χ0v) is 10.3. The van der Waals surface area contributed by atoms with E-state index in [0.29, 0.717) is 6.54 Å². The molecule has 1 heterocycles. The summed E-state index contributed by atoms with van der Waals surface area (Å²) in [6, 6.07) is 8.73. The van der Waals surface area contributed by atoms with Gasteiger partial charge >= 0.3 is 0 Å². The molecule has 1 aromatic carbocycles. The van der Waals surface area contributed by atoms with E-state index in [1.165, 1.54) is 0 Å². The van der Waals surface area contributed by atoms with Gasteiger partial charge in [0.1, 0.15) is 24.1 Å². The van der Waals surface area contributed by atoms with Crippen LogP contribution in [0.15, 0.2) is 35.3 Å². The van der Waals surface area contributed by atoms with E-state index in [9.17, 15) is 15.3 Å². The van der Waals surface area contributed by atoms with Crippen LogP contribution in [0.3, 0.4) is 0 Å². The molecule has 6 heteroatoms. The molecule has 1 aromatic rings. The second kappa shape index (κ2) is 6.12. The average molecular weight is 266 g/mol. The summed E-state index contributed by atoms with van der Waals surface area (Å²) in [5, 5.41) is 41.0. The van der Waals surface area contributed by atoms with Crippen LogP contribution in [0.1, 0.15) is 5.56 Å². The summed E-state index contributed by atoms with van der Waals surface area (Å²) >= 11 is 0. The predicted molar refractivity (Wildman–Crippen MR) is 69.6 cm³/mol. The molecular weight excluding hydrogens is 248 g/mol. The zero-order chi connectivity index (χ0) is 13.8. The van der Waals surface area contributed by atoms with Gasteiger partial charge in [-0.1, -0.05) is 30.3 Å². The maximum absolute atomic E-state index is 9.81. The van der Waals surface area contributed by atoms with Crippen molar-refractivity contribution in [1.29, 1.82) is 0 Å².